The van der Waals surface area contributed by atoms with Crippen LogP contribution in [0.5, 0.6) is 11.5 Å². The lowest BCUT2D eigenvalue weighted by molar-refractivity contribution is 0.0996. The number of benzene rings is 1. The SMILES string of the molecule is Cc1ccc2c(c1C(=O)CN)OCO2. The topological polar surface area (TPSA) is 61.6 Å². The Bertz CT molecular complexity index is 387. The van der Waals surface area contributed by atoms with Gasteiger partial charge in [-0.15, -0.1) is 0 Å². The zero-order valence-electron chi connectivity index (χ0n) is 7.87. The van der Waals surface area contributed by atoms with E-state index >= 15 is 0 Å². The van der Waals surface area contributed by atoms with Gasteiger partial charge >= 0.3 is 0 Å². The van der Waals surface area contributed by atoms with E-state index in [0.717, 1.165) is 5.56 Å². The second-order valence-electron chi connectivity index (χ2n) is 3.12. The summed E-state index contributed by atoms with van der Waals surface area (Å²) >= 11 is 0. The van der Waals surface area contributed by atoms with Crippen LogP contribution in [0.3, 0.4) is 0 Å². The number of ketones is 1. The molecule has 0 atom stereocenters. The number of aryl methyl sites for hydroxylation is 1. The van der Waals surface area contributed by atoms with Crippen molar-refractivity contribution in [3.05, 3.63) is 23.3 Å². The number of rotatable bonds is 2. The maximum Gasteiger partial charge on any atom is 0.231 e. The van der Waals surface area contributed by atoms with Crippen molar-refractivity contribution in [3.8, 4) is 11.5 Å². The van der Waals surface area contributed by atoms with E-state index in [9.17, 15) is 4.79 Å². The van der Waals surface area contributed by atoms with Crippen LogP contribution in [-0.4, -0.2) is 19.1 Å². The fourth-order valence-electron chi connectivity index (χ4n) is 1.52. The number of carbonyl (C=O) groups is 1. The Morgan fingerprint density at radius 1 is 1.50 bits per heavy atom. The molecule has 0 saturated heterocycles. The molecule has 1 aromatic rings. The summed E-state index contributed by atoms with van der Waals surface area (Å²) in [4.78, 5) is 11.5. The van der Waals surface area contributed by atoms with E-state index in [2.05, 4.69) is 0 Å². The molecule has 0 unspecified atom stereocenters. The molecule has 0 radical (unpaired) electrons. The zero-order valence-corrected chi connectivity index (χ0v) is 7.87. The molecule has 0 bridgehead atoms. The molecule has 2 N–H and O–H groups in total. The molecule has 1 aromatic carbocycles. The molecule has 0 saturated carbocycles. The maximum atomic E-state index is 11.5. The van der Waals surface area contributed by atoms with Crippen molar-refractivity contribution in [1.82, 2.24) is 0 Å². The van der Waals surface area contributed by atoms with Gasteiger partial charge in [0.1, 0.15) is 0 Å². The maximum absolute atomic E-state index is 11.5. The van der Waals surface area contributed by atoms with Gasteiger partial charge in [-0.05, 0) is 18.6 Å². The molecule has 1 heterocycles. The minimum atomic E-state index is -0.121. The van der Waals surface area contributed by atoms with Crippen LogP contribution in [0, 0.1) is 6.92 Å². The van der Waals surface area contributed by atoms with Crippen molar-refractivity contribution in [3.63, 3.8) is 0 Å². The standard InChI is InChI=1S/C10H11NO3/c1-6-2-3-8-10(14-5-13-8)9(6)7(12)4-11/h2-3H,4-5,11H2,1H3. The molecular weight excluding hydrogens is 182 g/mol. The van der Waals surface area contributed by atoms with Crippen LogP contribution < -0.4 is 15.2 Å². The normalized spacial score (nSPS) is 13.0. The van der Waals surface area contributed by atoms with E-state index < -0.39 is 0 Å². The van der Waals surface area contributed by atoms with Crippen LogP contribution in [0.25, 0.3) is 0 Å². The molecule has 0 fully saturated rings. The molecule has 1 aliphatic rings. The molecule has 74 valence electrons. The third-order valence-corrected chi connectivity index (χ3v) is 2.21. The van der Waals surface area contributed by atoms with Gasteiger partial charge in [0.05, 0.1) is 12.1 Å². The lowest BCUT2D eigenvalue weighted by Gasteiger charge is -2.06. The van der Waals surface area contributed by atoms with Gasteiger partial charge in [0.2, 0.25) is 6.79 Å². The van der Waals surface area contributed by atoms with Crippen molar-refractivity contribution in [2.45, 2.75) is 6.92 Å². The van der Waals surface area contributed by atoms with Crippen molar-refractivity contribution in [2.24, 2.45) is 5.73 Å². The molecule has 0 spiro atoms. The number of hydrogen-bond donors (Lipinski definition) is 1. The van der Waals surface area contributed by atoms with Crippen LogP contribution in [0.2, 0.25) is 0 Å². The van der Waals surface area contributed by atoms with Gasteiger partial charge in [-0.25, -0.2) is 0 Å². The summed E-state index contributed by atoms with van der Waals surface area (Å²) in [6.45, 7) is 2.01. The number of nitrogens with two attached hydrogens (primary N) is 1. The van der Waals surface area contributed by atoms with Crippen LogP contribution in [0.1, 0.15) is 15.9 Å². The first-order chi connectivity index (χ1) is 6.74. The van der Waals surface area contributed by atoms with E-state index in [1.807, 2.05) is 13.0 Å². The summed E-state index contributed by atoms with van der Waals surface area (Å²) in [6.07, 6.45) is 0. The van der Waals surface area contributed by atoms with Gasteiger partial charge in [0.15, 0.2) is 17.3 Å². The summed E-state index contributed by atoms with van der Waals surface area (Å²) < 4.78 is 10.4. The van der Waals surface area contributed by atoms with Gasteiger partial charge in [-0.2, -0.15) is 0 Å². The number of carbonyl (C=O) groups excluding carboxylic acids is 1. The zero-order chi connectivity index (χ0) is 10.1. The third kappa shape index (κ3) is 1.24. The number of hydrogen-bond acceptors (Lipinski definition) is 4. The first-order valence-corrected chi connectivity index (χ1v) is 4.36. The van der Waals surface area contributed by atoms with Crippen molar-refractivity contribution < 1.29 is 14.3 Å². The van der Waals surface area contributed by atoms with E-state index in [1.54, 1.807) is 6.07 Å². The van der Waals surface area contributed by atoms with Crippen LogP contribution in [0.4, 0.5) is 0 Å². The highest BCUT2D eigenvalue weighted by atomic mass is 16.7. The van der Waals surface area contributed by atoms with E-state index in [4.69, 9.17) is 15.2 Å². The summed E-state index contributed by atoms with van der Waals surface area (Å²) in [7, 11) is 0. The molecule has 1 aliphatic heterocycles. The molecule has 14 heavy (non-hydrogen) atoms. The van der Waals surface area contributed by atoms with E-state index in [0.29, 0.717) is 17.1 Å². The minimum absolute atomic E-state index is 0.0132. The quantitative estimate of drug-likeness (QED) is 0.708. The van der Waals surface area contributed by atoms with Gasteiger partial charge in [-0.3, -0.25) is 4.79 Å². The molecule has 4 heteroatoms. The predicted molar refractivity (Wildman–Crippen MR) is 50.7 cm³/mol. The molecule has 0 aromatic heterocycles. The fraction of sp³-hybridized carbons (Fsp3) is 0.300. The van der Waals surface area contributed by atoms with E-state index in [1.165, 1.54) is 0 Å². The lowest BCUT2D eigenvalue weighted by Crippen LogP contribution is -2.15. The van der Waals surface area contributed by atoms with Gasteiger partial charge in [-0.1, -0.05) is 6.07 Å². The number of ether oxygens (including phenoxy) is 2. The highest BCUT2D eigenvalue weighted by molar-refractivity contribution is 6.02. The molecule has 4 nitrogen and oxygen atoms in total. The smallest absolute Gasteiger partial charge is 0.231 e. The van der Waals surface area contributed by atoms with Gasteiger partial charge in [0.25, 0.3) is 0 Å². The third-order valence-electron chi connectivity index (χ3n) is 2.21. The molecular formula is C10H11NO3. The summed E-state index contributed by atoms with van der Waals surface area (Å²) in [5.74, 6) is 1.03. The second kappa shape index (κ2) is 3.31. The monoisotopic (exact) mass is 193 g/mol. The van der Waals surface area contributed by atoms with Crippen LogP contribution in [0.15, 0.2) is 12.1 Å². The Morgan fingerprint density at radius 3 is 3.00 bits per heavy atom. The van der Waals surface area contributed by atoms with Crippen LogP contribution in [-0.2, 0) is 0 Å². The summed E-state index contributed by atoms with van der Waals surface area (Å²) in [6, 6.07) is 3.63. The fourth-order valence-corrected chi connectivity index (χ4v) is 1.52. The van der Waals surface area contributed by atoms with Crippen molar-refractivity contribution in [2.75, 3.05) is 13.3 Å². The Labute approximate surface area is 81.6 Å². The average molecular weight is 193 g/mol. The molecule has 2 rings (SSSR count). The number of Topliss-reactive ketones (excluding diaryl/α,β-unsaturated/α-hetero) is 1. The average Bonchev–Trinajstić information content (AvgIpc) is 2.64. The van der Waals surface area contributed by atoms with E-state index in [-0.39, 0.29) is 19.1 Å². The first-order valence-electron chi connectivity index (χ1n) is 4.36. The molecule has 0 aliphatic carbocycles. The van der Waals surface area contributed by atoms with Gasteiger partial charge < -0.3 is 15.2 Å². The highest BCUT2D eigenvalue weighted by Gasteiger charge is 2.22. The largest absolute Gasteiger partial charge is 0.454 e. The van der Waals surface area contributed by atoms with Crippen molar-refractivity contribution in [1.29, 1.82) is 0 Å². The Morgan fingerprint density at radius 2 is 2.29 bits per heavy atom. The van der Waals surface area contributed by atoms with Gasteiger partial charge in [0, 0.05) is 0 Å². The Hall–Kier alpha value is -1.55. The number of fused-ring (bicyclic) bond motifs is 1. The van der Waals surface area contributed by atoms with Crippen LogP contribution >= 0.6 is 0 Å². The Kier molecular flexibility index (Phi) is 2.13. The lowest BCUT2D eigenvalue weighted by atomic mass is 10.0. The second-order valence-corrected chi connectivity index (χ2v) is 3.12. The predicted octanol–water partition coefficient (Wildman–Crippen LogP) is 0.865. The first kappa shape index (κ1) is 9.02. The Balaban J connectivity index is 2.57. The minimum Gasteiger partial charge on any atom is -0.454 e. The van der Waals surface area contributed by atoms with Crippen molar-refractivity contribution >= 4 is 5.78 Å². The summed E-state index contributed by atoms with van der Waals surface area (Å²) in [5, 5.41) is 0. The summed E-state index contributed by atoms with van der Waals surface area (Å²) in [5.41, 5.74) is 6.73. The molecule has 0 amide bonds. The highest BCUT2D eigenvalue weighted by Crippen LogP contribution is 2.37.